The lowest BCUT2D eigenvalue weighted by Crippen LogP contribution is -2.24. The van der Waals surface area contributed by atoms with Crippen LogP contribution < -0.4 is 5.32 Å². The molecule has 0 unspecified atom stereocenters. The van der Waals surface area contributed by atoms with Crippen LogP contribution in [0.4, 0.5) is 0 Å². The Hall–Kier alpha value is -0.760. The largest absolute Gasteiger partial charge is 0.384 e. The van der Waals surface area contributed by atoms with E-state index in [0.717, 1.165) is 5.70 Å². The van der Waals surface area contributed by atoms with Crippen molar-refractivity contribution in [3.05, 3.63) is 24.0 Å². The molecule has 1 N–H and O–H groups in total. The second kappa shape index (κ2) is 1.88. The predicted octanol–water partition coefficient (Wildman–Crippen LogP) is 0.773. The SMILES string of the molecule is CC(C)(O)C1=CC=C[N]1. The van der Waals surface area contributed by atoms with Gasteiger partial charge in [-0.2, -0.15) is 0 Å². The van der Waals surface area contributed by atoms with E-state index in [-0.39, 0.29) is 0 Å². The monoisotopic (exact) mass is 124 g/mol. The lowest BCUT2D eigenvalue weighted by Gasteiger charge is -2.16. The number of aliphatic hydroxyl groups is 1. The molecule has 0 saturated heterocycles. The Balaban J connectivity index is 2.66. The molecule has 1 rings (SSSR count). The van der Waals surface area contributed by atoms with Crippen LogP contribution >= 0.6 is 0 Å². The van der Waals surface area contributed by atoms with Gasteiger partial charge in [0.2, 0.25) is 0 Å². The lowest BCUT2D eigenvalue weighted by molar-refractivity contribution is 0.114. The Bertz CT molecular complexity index is 162. The van der Waals surface area contributed by atoms with Crippen molar-refractivity contribution in [3.63, 3.8) is 0 Å². The summed E-state index contributed by atoms with van der Waals surface area (Å²) in [6.45, 7) is 3.44. The van der Waals surface area contributed by atoms with Crippen molar-refractivity contribution in [2.45, 2.75) is 19.4 Å². The number of hydrogen-bond acceptors (Lipinski definition) is 1. The summed E-state index contributed by atoms with van der Waals surface area (Å²) in [5, 5.41) is 13.3. The highest BCUT2D eigenvalue weighted by Crippen LogP contribution is 2.16. The zero-order valence-electron chi connectivity index (χ0n) is 5.63. The van der Waals surface area contributed by atoms with Gasteiger partial charge in [0.25, 0.3) is 0 Å². The number of rotatable bonds is 1. The molecule has 0 aromatic rings. The van der Waals surface area contributed by atoms with Crippen LogP contribution in [0.15, 0.2) is 24.0 Å². The van der Waals surface area contributed by atoms with Gasteiger partial charge in [-0.25, -0.2) is 0 Å². The smallest absolute Gasteiger partial charge is 0.101 e. The van der Waals surface area contributed by atoms with Crippen LogP contribution in [0.2, 0.25) is 0 Å². The first-order chi connectivity index (χ1) is 4.11. The van der Waals surface area contributed by atoms with E-state index in [1.807, 2.05) is 6.08 Å². The van der Waals surface area contributed by atoms with E-state index in [0.29, 0.717) is 0 Å². The molecule has 1 heterocycles. The van der Waals surface area contributed by atoms with E-state index in [4.69, 9.17) is 0 Å². The van der Waals surface area contributed by atoms with Gasteiger partial charge in [-0.3, -0.25) is 5.32 Å². The molecule has 0 aliphatic carbocycles. The Morgan fingerprint density at radius 2 is 2.22 bits per heavy atom. The standard InChI is InChI=1S/C7H10NO/c1-7(2,9)6-4-3-5-8-6/h3-5,9H,1-2H3. The summed E-state index contributed by atoms with van der Waals surface area (Å²) >= 11 is 0. The third-order valence-electron chi connectivity index (χ3n) is 1.18. The molecule has 0 spiro atoms. The van der Waals surface area contributed by atoms with Gasteiger partial charge in [0.1, 0.15) is 5.60 Å². The second-order valence-corrected chi connectivity index (χ2v) is 2.58. The molecule has 0 aromatic carbocycles. The van der Waals surface area contributed by atoms with E-state index < -0.39 is 5.60 Å². The molecule has 0 fully saturated rings. The maximum Gasteiger partial charge on any atom is 0.101 e. The minimum Gasteiger partial charge on any atom is -0.384 e. The van der Waals surface area contributed by atoms with Crippen molar-refractivity contribution >= 4 is 0 Å². The number of hydrogen-bond donors (Lipinski definition) is 1. The molecule has 0 amide bonds. The van der Waals surface area contributed by atoms with Gasteiger partial charge < -0.3 is 5.11 Å². The molecule has 0 atom stereocenters. The van der Waals surface area contributed by atoms with Crippen molar-refractivity contribution in [2.75, 3.05) is 0 Å². The number of nitrogens with zero attached hydrogens (tertiary/aromatic N) is 1. The first-order valence-electron chi connectivity index (χ1n) is 2.91. The average Bonchev–Trinajstić information content (AvgIpc) is 2.08. The Morgan fingerprint density at radius 3 is 2.44 bits per heavy atom. The highest BCUT2D eigenvalue weighted by molar-refractivity contribution is 5.25. The summed E-state index contributed by atoms with van der Waals surface area (Å²) in [5.41, 5.74) is -0.0637. The lowest BCUT2D eigenvalue weighted by atomic mass is 10.1. The van der Waals surface area contributed by atoms with Crippen LogP contribution in [0.25, 0.3) is 0 Å². The molecular weight excluding hydrogens is 114 g/mol. The van der Waals surface area contributed by atoms with E-state index in [1.165, 1.54) is 0 Å². The molecule has 0 bridgehead atoms. The normalized spacial score (nSPS) is 17.4. The average molecular weight is 124 g/mol. The Kier molecular flexibility index (Phi) is 1.33. The minimum absolute atomic E-state index is 0.725. The molecule has 0 aromatic heterocycles. The highest BCUT2D eigenvalue weighted by Gasteiger charge is 2.20. The van der Waals surface area contributed by atoms with Gasteiger partial charge in [0.05, 0.1) is 5.70 Å². The maximum absolute atomic E-state index is 9.32. The predicted molar refractivity (Wildman–Crippen MR) is 35.7 cm³/mol. The molecular formula is C7H10NO. The van der Waals surface area contributed by atoms with Gasteiger partial charge in [0.15, 0.2) is 0 Å². The molecule has 49 valence electrons. The molecule has 2 heteroatoms. The number of allylic oxidation sites excluding steroid dienone is 2. The summed E-state index contributed by atoms with van der Waals surface area (Å²) in [5.74, 6) is 0. The fourth-order valence-electron chi connectivity index (χ4n) is 0.662. The third-order valence-corrected chi connectivity index (χ3v) is 1.18. The van der Waals surface area contributed by atoms with E-state index in [9.17, 15) is 5.11 Å². The van der Waals surface area contributed by atoms with Crippen molar-refractivity contribution < 1.29 is 5.11 Å². The van der Waals surface area contributed by atoms with E-state index in [2.05, 4.69) is 5.32 Å². The van der Waals surface area contributed by atoms with Crippen LogP contribution in [0.1, 0.15) is 13.8 Å². The first-order valence-corrected chi connectivity index (χ1v) is 2.91. The van der Waals surface area contributed by atoms with Crippen molar-refractivity contribution in [1.82, 2.24) is 5.32 Å². The van der Waals surface area contributed by atoms with Crippen LogP contribution in [-0.4, -0.2) is 10.7 Å². The third kappa shape index (κ3) is 1.33. The summed E-state index contributed by atoms with van der Waals surface area (Å²) in [6.07, 6.45) is 5.29. The fraction of sp³-hybridized carbons (Fsp3) is 0.429. The molecule has 2 nitrogen and oxygen atoms in total. The van der Waals surface area contributed by atoms with Crippen molar-refractivity contribution in [1.29, 1.82) is 0 Å². The summed E-state index contributed by atoms with van der Waals surface area (Å²) in [7, 11) is 0. The van der Waals surface area contributed by atoms with Crippen LogP contribution in [0, 0.1) is 0 Å². The fourth-order valence-corrected chi connectivity index (χ4v) is 0.662. The zero-order valence-corrected chi connectivity index (χ0v) is 5.63. The Morgan fingerprint density at radius 1 is 1.56 bits per heavy atom. The molecule has 1 aliphatic heterocycles. The van der Waals surface area contributed by atoms with E-state index >= 15 is 0 Å². The second-order valence-electron chi connectivity index (χ2n) is 2.58. The molecule has 9 heavy (non-hydrogen) atoms. The summed E-state index contributed by atoms with van der Waals surface area (Å²) < 4.78 is 0. The summed E-state index contributed by atoms with van der Waals surface area (Å²) in [6, 6.07) is 0. The van der Waals surface area contributed by atoms with Gasteiger partial charge in [-0.05, 0) is 26.0 Å². The highest BCUT2D eigenvalue weighted by atomic mass is 16.3. The van der Waals surface area contributed by atoms with Crippen molar-refractivity contribution in [3.8, 4) is 0 Å². The van der Waals surface area contributed by atoms with Crippen molar-refractivity contribution in [2.24, 2.45) is 0 Å². The van der Waals surface area contributed by atoms with Crippen LogP contribution in [0.5, 0.6) is 0 Å². The Labute approximate surface area is 54.9 Å². The maximum atomic E-state index is 9.32. The van der Waals surface area contributed by atoms with E-state index in [1.54, 1.807) is 26.1 Å². The zero-order chi connectivity index (χ0) is 6.91. The minimum atomic E-state index is -0.788. The quantitative estimate of drug-likeness (QED) is 0.550. The van der Waals surface area contributed by atoms with Gasteiger partial charge in [-0.1, -0.05) is 0 Å². The van der Waals surface area contributed by atoms with Gasteiger partial charge in [0, 0.05) is 6.20 Å². The van der Waals surface area contributed by atoms with Crippen LogP contribution in [-0.2, 0) is 0 Å². The molecule has 1 radical (unpaired) electrons. The first kappa shape index (κ1) is 6.36. The molecule has 0 saturated carbocycles. The van der Waals surface area contributed by atoms with Gasteiger partial charge >= 0.3 is 0 Å². The topological polar surface area (TPSA) is 34.3 Å². The van der Waals surface area contributed by atoms with Crippen LogP contribution in [0.3, 0.4) is 0 Å². The molecule has 1 aliphatic rings. The van der Waals surface area contributed by atoms with Gasteiger partial charge in [-0.15, -0.1) is 0 Å². The summed E-state index contributed by atoms with van der Waals surface area (Å²) in [4.78, 5) is 0.